The fraction of sp³-hybridized carbons (Fsp3) is 0.778. The lowest BCUT2D eigenvalue weighted by Gasteiger charge is -2.06. The van der Waals surface area contributed by atoms with E-state index in [1.54, 1.807) is 0 Å². The summed E-state index contributed by atoms with van der Waals surface area (Å²) < 4.78 is 0. The van der Waals surface area contributed by atoms with Gasteiger partial charge < -0.3 is 5.73 Å². The Hall–Kier alpha value is -0.300. The van der Waals surface area contributed by atoms with Crippen molar-refractivity contribution in [2.45, 2.75) is 39.2 Å². The predicted octanol–water partition coefficient (Wildman–Crippen LogP) is 2.33. The maximum absolute atomic E-state index is 5.64. The minimum atomic E-state index is 0.207. The normalized spacial score (nSPS) is 13.6. The molecule has 2 N–H and O–H groups in total. The van der Waals surface area contributed by atoms with Crippen LogP contribution in [0.5, 0.6) is 0 Å². The van der Waals surface area contributed by atoms with Gasteiger partial charge in [-0.2, -0.15) is 0 Å². The maximum Gasteiger partial charge on any atom is 0.0221 e. The largest absolute Gasteiger partial charge is 0.324 e. The summed E-state index contributed by atoms with van der Waals surface area (Å²) in [5.74, 6) is 0.803. The van der Waals surface area contributed by atoms with Gasteiger partial charge in [0.2, 0.25) is 0 Å². The Labute approximate surface area is 64.3 Å². The molecule has 0 amide bonds. The zero-order valence-electron chi connectivity index (χ0n) is 7.14. The van der Waals surface area contributed by atoms with Gasteiger partial charge in [-0.25, -0.2) is 0 Å². The van der Waals surface area contributed by atoms with Gasteiger partial charge >= 0.3 is 0 Å². The predicted molar refractivity (Wildman–Crippen MR) is 46.9 cm³/mol. The van der Waals surface area contributed by atoms with E-state index in [-0.39, 0.29) is 6.04 Å². The summed E-state index contributed by atoms with van der Waals surface area (Å²) in [6, 6.07) is 0.207. The third-order valence-corrected chi connectivity index (χ3v) is 1.62. The Morgan fingerprint density at radius 3 is 2.40 bits per heavy atom. The average molecular weight is 141 g/mol. The third kappa shape index (κ3) is 5.83. The van der Waals surface area contributed by atoms with E-state index in [1.165, 1.54) is 12.8 Å². The summed E-state index contributed by atoms with van der Waals surface area (Å²) in [6.45, 7) is 8.10. The monoisotopic (exact) mass is 141 g/mol. The molecule has 0 bridgehead atoms. The molecular weight excluding hydrogens is 122 g/mol. The molecule has 0 spiro atoms. The first-order chi connectivity index (χ1) is 4.66. The molecule has 0 radical (unpaired) electrons. The van der Waals surface area contributed by atoms with E-state index in [1.807, 2.05) is 6.08 Å². The van der Waals surface area contributed by atoms with Crippen LogP contribution in [0.1, 0.15) is 33.1 Å². The van der Waals surface area contributed by atoms with Crippen LogP contribution < -0.4 is 5.73 Å². The number of hydrogen-bond acceptors (Lipinski definition) is 1. The summed E-state index contributed by atoms with van der Waals surface area (Å²) in [7, 11) is 0. The van der Waals surface area contributed by atoms with Crippen LogP contribution in [0.25, 0.3) is 0 Å². The van der Waals surface area contributed by atoms with E-state index >= 15 is 0 Å². The van der Waals surface area contributed by atoms with Crippen molar-refractivity contribution in [1.29, 1.82) is 0 Å². The van der Waals surface area contributed by atoms with E-state index in [0.717, 1.165) is 12.3 Å². The van der Waals surface area contributed by atoms with Gasteiger partial charge in [0.15, 0.2) is 0 Å². The molecule has 0 aromatic carbocycles. The molecule has 0 aliphatic carbocycles. The van der Waals surface area contributed by atoms with Crippen molar-refractivity contribution in [3.8, 4) is 0 Å². The highest BCUT2D eigenvalue weighted by Crippen LogP contribution is 2.07. The smallest absolute Gasteiger partial charge is 0.0221 e. The second kappa shape index (κ2) is 5.48. The van der Waals surface area contributed by atoms with Gasteiger partial charge in [0.25, 0.3) is 0 Å². The molecule has 1 nitrogen and oxygen atoms in total. The van der Waals surface area contributed by atoms with Crippen molar-refractivity contribution in [3.63, 3.8) is 0 Å². The van der Waals surface area contributed by atoms with Crippen LogP contribution in [-0.2, 0) is 0 Å². The summed E-state index contributed by atoms with van der Waals surface area (Å²) in [4.78, 5) is 0. The molecule has 0 fully saturated rings. The zero-order chi connectivity index (χ0) is 7.98. The average Bonchev–Trinajstić information content (AvgIpc) is 1.87. The van der Waals surface area contributed by atoms with Crippen molar-refractivity contribution in [2.75, 3.05) is 0 Å². The summed E-state index contributed by atoms with van der Waals surface area (Å²) in [5, 5.41) is 0. The Morgan fingerprint density at radius 2 is 2.00 bits per heavy atom. The molecule has 1 heteroatoms. The minimum Gasteiger partial charge on any atom is -0.324 e. The van der Waals surface area contributed by atoms with E-state index in [4.69, 9.17) is 5.73 Å². The van der Waals surface area contributed by atoms with Gasteiger partial charge in [-0.15, -0.1) is 6.58 Å². The van der Waals surface area contributed by atoms with Crippen LogP contribution in [-0.4, -0.2) is 6.04 Å². The van der Waals surface area contributed by atoms with Crippen molar-refractivity contribution >= 4 is 0 Å². The molecule has 0 saturated heterocycles. The van der Waals surface area contributed by atoms with E-state index < -0.39 is 0 Å². The van der Waals surface area contributed by atoms with Crippen LogP contribution in [0.2, 0.25) is 0 Å². The minimum absolute atomic E-state index is 0.207. The summed E-state index contributed by atoms with van der Waals surface area (Å²) in [5.41, 5.74) is 5.64. The molecule has 0 aliphatic heterocycles. The van der Waals surface area contributed by atoms with Gasteiger partial charge in [0.05, 0.1) is 0 Å². The van der Waals surface area contributed by atoms with E-state index in [0.29, 0.717) is 0 Å². The van der Waals surface area contributed by atoms with Crippen molar-refractivity contribution < 1.29 is 0 Å². The zero-order valence-corrected chi connectivity index (χ0v) is 7.14. The fourth-order valence-electron chi connectivity index (χ4n) is 0.880. The van der Waals surface area contributed by atoms with Crippen LogP contribution in [0.3, 0.4) is 0 Å². The quantitative estimate of drug-likeness (QED) is 0.584. The second-order valence-corrected chi connectivity index (χ2v) is 3.22. The lowest BCUT2D eigenvalue weighted by Crippen LogP contribution is -2.15. The number of nitrogens with two attached hydrogens (primary N) is 1. The van der Waals surface area contributed by atoms with E-state index in [9.17, 15) is 0 Å². The topological polar surface area (TPSA) is 26.0 Å². The Balaban J connectivity index is 3.11. The molecule has 0 aromatic heterocycles. The molecule has 1 atom stereocenters. The molecule has 0 unspecified atom stereocenters. The van der Waals surface area contributed by atoms with Crippen LogP contribution in [0.15, 0.2) is 12.7 Å². The van der Waals surface area contributed by atoms with Crippen LogP contribution in [0, 0.1) is 5.92 Å². The number of hydrogen-bond donors (Lipinski definition) is 1. The third-order valence-electron chi connectivity index (χ3n) is 1.62. The first-order valence-corrected chi connectivity index (χ1v) is 4.05. The SMILES string of the molecule is C=C[C@@H](N)CCCC(C)C. The standard InChI is InChI=1S/C9H19N/c1-4-9(10)7-5-6-8(2)3/h4,8-9H,1,5-7,10H2,2-3H3/t9-/m1/s1. The van der Waals surface area contributed by atoms with Crippen molar-refractivity contribution in [2.24, 2.45) is 11.7 Å². The first-order valence-electron chi connectivity index (χ1n) is 4.05. The maximum atomic E-state index is 5.64. The van der Waals surface area contributed by atoms with Crippen LogP contribution >= 0.6 is 0 Å². The molecule has 0 saturated carbocycles. The molecule has 0 heterocycles. The lowest BCUT2D eigenvalue weighted by atomic mass is 10.0. The molecule has 10 heavy (non-hydrogen) atoms. The van der Waals surface area contributed by atoms with Crippen molar-refractivity contribution in [3.05, 3.63) is 12.7 Å². The van der Waals surface area contributed by atoms with Gasteiger partial charge in [0, 0.05) is 6.04 Å². The van der Waals surface area contributed by atoms with Gasteiger partial charge in [0.1, 0.15) is 0 Å². The lowest BCUT2D eigenvalue weighted by molar-refractivity contribution is 0.523. The highest BCUT2D eigenvalue weighted by Gasteiger charge is 1.97. The second-order valence-electron chi connectivity index (χ2n) is 3.22. The first kappa shape index (κ1) is 9.70. The molecule has 0 aliphatic rings. The summed E-state index contributed by atoms with van der Waals surface area (Å²) in [6.07, 6.45) is 5.41. The van der Waals surface area contributed by atoms with Crippen molar-refractivity contribution in [1.82, 2.24) is 0 Å². The Morgan fingerprint density at radius 1 is 1.40 bits per heavy atom. The Kier molecular flexibility index (Phi) is 5.32. The van der Waals surface area contributed by atoms with Gasteiger partial charge in [-0.3, -0.25) is 0 Å². The highest BCUT2D eigenvalue weighted by molar-refractivity contribution is 4.81. The fourth-order valence-corrected chi connectivity index (χ4v) is 0.880. The molecule has 0 aromatic rings. The van der Waals surface area contributed by atoms with Gasteiger partial charge in [-0.1, -0.05) is 32.8 Å². The Bertz CT molecular complexity index is 86.7. The van der Waals surface area contributed by atoms with Gasteiger partial charge in [-0.05, 0) is 12.3 Å². The molecule has 0 rings (SSSR count). The number of rotatable bonds is 5. The van der Waals surface area contributed by atoms with Crippen LogP contribution in [0.4, 0.5) is 0 Å². The van der Waals surface area contributed by atoms with E-state index in [2.05, 4.69) is 20.4 Å². The highest BCUT2D eigenvalue weighted by atomic mass is 14.6. The summed E-state index contributed by atoms with van der Waals surface area (Å²) >= 11 is 0. The molecular formula is C9H19N. The molecule has 60 valence electrons.